The fourth-order valence-corrected chi connectivity index (χ4v) is 1.18. The summed E-state index contributed by atoms with van der Waals surface area (Å²) >= 11 is 0. The predicted molar refractivity (Wildman–Crippen MR) is 50.2 cm³/mol. The lowest BCUT2D eigenvalue weighted by Gasteiger charge is -2.20. The van der Waals surface area contributed by atoms with E-state index in [2.05, 4.69) is 10.3 Å². The molecule has 82 valence electrons. The Kier molecular flexibility index (Phi) is 2.48. The zero-order valence-electron chi connectivity index (χ0n) is 8.68. The highest BCUT2D eigenvalue weighted by atomic mass is 16.4. The molecule has 0 saturated carbocycles. The van der Waals surface area contributed by atoms with Crippen molar-refractivity contribution in [2.24, 2.45) is 5.73 Å². The first-order valence-corrected chi connectivity index (χ1v) is 4.24. The maximum atomic E-state index is 10.9. The van der Waals surface area contributed by atoms with Gasteiger partial charge in [0.2, 0.25) is 0 Å². The Morgan fingerprint density at radius 1 is 1.47 bits per heavy atom. The number of carbonyl (C=O) groups excluding carboxylic acids is 1. The van der Waals surface area contributed by atoms with Crippen molar-refractivity contribution in [2.75, 3.05) is 0 Å². The summed E-state index contributed by atoms with van der Waals surface area (Å²) in [5.74, 6) is -1.79. The van der Waals surface area contributed by atoms with Crippen LogP contribution in [-0.2, 0) is 10.3 Å². The van der Waals surface area contributed by atoms with Crippen LogP contribution < -0.4 is 5.73 Å². The van der Waals surface area contributed by atoms with Gasteiger partial charge in [-0.25, -0.2) is 9.48 Å². The van der Waals surface area contributed by atoms with Crippen molar-refractivity contribution in [1.82, 2.24) is 15.0 Å². The van der Waals surface area contributed by atoms with Crippen LogP contribution in [0.2, 0.25) is 0 Å². The number of carbonyl (C=O) groups is 2. The van der Waals surface area contributed by atoms with Crippen LogP contribution in [0.5, 0.6) is 0 Å². The van der Waals surface area contributed by atoms with Crippen molar-refractivity contribution in [3.8, 4) is 0 Å². The zero-order valence-corrected chi connectivity index (χ0v) is 8.68. The number of carboxylic acids is 1. The van der Waals surface area contributed by atoms with Gasteiger partial charge in [0.1, 0.15) is 0 Å². The van der Waals surface area contributed by atoms with Crippen LogP contribution in [0.25, 0.3) is 0 Å². The van der Waals surface area contributed by atoms with Gasteiger partial charge in [-0.05, 0) is 20.8 Å². The van der Waals surface area contributed by atoms with Crippen LogP contribution in [0.1, 0.15) is 30.0 Å². The van der Waals surface area contributed by atoms with E-state index in [-0.39, 0.29) is 5.69 Å². The van der Waals surface area contributed by atoms with Gasteiger partial charge in [0, 0.05) is 0 Å². The number of hydrogen-bond donors (Lipinski definition) is 2. The Hall–Kier alpha value is -1.92. The summed E-state index contributed by atoms with van der Waals surface area (Å²) in [6.07, 6.45) is 0. The van der Waals surface area contributed by atoms with Gasteiger partial charge in [-0.1, -0.05) is 5.21 Å². The normalized spacial score (nSPS) is 11.4. The van der Waals surface area contributed by atoms with Crippen LogP contribution in [0.4, 0.5) is 0 Å². The number of aliphatic carboxylic acids is 1. The van der Waals surface area contributed by atoms with Crippen LogP contribution in [0, 0.1) is 6.92 Å². The summed E-state index contributed by atoms with van der Waals surface area (Å²) < 4.78 is 1.16. The van der Waals surface area contributed by atoms with Gasteiger partial charge in [-0.2, -0.15) is 0 Å². The molecule has 7 nitrogen and oxygen atoms in total. The summed E-state index contributed by atoms with van der Waals surface area (Å²) in [5.41, 5.74) is 4.12. The van der Waals surface area contributed by atoms with Crippen LogP contribution in [-0.4, -0.2) is 32.0 Å². The number of amides is 1. The molecule has 0 saturated heterocycles. The molecule has 15 heavy (non-hydrogen) atoms. The lowest BCUT2D eigenvalue weighted by molar-refractivity contribution is -0.146. The van der Waals surface area contributed by atoms with Gasteiger partial charge < -0.3 is 10.8 Å². The molecule has 0 radical (unpaired) electrons. The number of aromatic nitrogens is 3. The smallest absolute Gasteiger partial charge is 0.331 e. The third-order valence-corrected chi connectivity index (χ3v) is 2.18. The monoisotopic (exact) mass is 212 g/mol. The summed E-state index contributed by atoms with van der Waals surface area (Å²) in [6.45, 7) is 4.47. The van der Waals surface area contributed by atoms with Crippen LogP contribution in [0.15, 0.2) is 0 Å². The molecule has 0 aliphatic carbocycles. The maximum Gasteiger partial charge on any atom is 0.331 e. The number of primary amides is 1. The Balaban J connectivity index is 3.29. The summed E-state index contributed by atoms with van der Waals surface area (Å²) in [5, 5.41) is 16.1. The van der Waals surface area contributed by atoms with Crippen molar-refractivity contribution in [1.29, 1.82) is 0 Å². The number of hydrogen-bond acceptors (Lipinski definition) is 4. The molecule has 0 fully saturated rings. The molecule has 1 rings (SSSR count). The second-order valence-corrected chi connectivity index (χ2v) is 3.66. The fraction of sp³-hybridized carbons (Fsp3) is 0.500. The Labute approximate surface area is 85.9 Å². The van der Waals surface area contributed by atoms with Gasteiger partial charge in [0.05, 0.1) is 5.69 Å². The first-order chi connectivity index (χ1) is 6.78. The SMILES string of the molecule is Cc1c(C(N)=O)nnn1C(C)(C)C(=O)O. The number of nitrogens with zero attached hydrogens (tertiary/aromatic N) is 3. The minimum atomic E-state index is -1.26. The van der Waals surface area contributed by atoms with Gasteiger partial charge >= 0.3 is 5.97 Å². The van der Waals surface area contributed by atoms with Gasteiger partial charge in [0.15, 0.2) is 11.2 Å². The lowest BCUT2D eigenvalue weighted by atomic mass is 10.1. The number of nitrogens with two attached hydrogens (primary N) is 1. The average Bonchev–Trinajstić information content (AvgIpc) is 2.46. The molecule has 0 spiro atoms. The summed E-state index contributed by atoms with van der Waals surface area (Å²) in [4.78, 5) is 21.8. The first kappa shape index (κ1) is 11.2. The van der Waals surface area contributed by atoms with E-state index in [1.807, 2.05) is 0 Å². The van der Waals surface area contributed by atoms with E-state index >= 15 is 0 Å². The highest BCUT2D eigenvalue weighted by Gasteiger charge is 2.33. The summed E-state index contributed by atoms with van der Waals surface area (Å²) in [6, 6.07) is 0. The summed E-state index contributed by atoms with van der Waals surface area (Å²) in [7, 11) is 0. The second-order valence-electron chi connectivity index (χ2n) is 3.66. The van der Waals surface area contributed by atoms with Gasteiger partial charge in [-0.15, -0.1) is 5.10 Å². The first-order valence-electron chi connectivity index (χ1n) is 4.24. The molecule has 0 bridgehead atoms. The van der Waals surface area contributed by atoms with Gasteiger partial charge in [-0.3, -0.25) is 4.79 Å². The molecule has 0 aliphatic heterocycles. The maximum absolute atomic E-state index is 10.9. The Morgan fingerprint density at radius 3 is 2.33 bits per heavy atom. The van der Waals surface area contributed by atoms with E-state index in [0.717, 1.165) is 4.68 Å². The zero-order chi connectivity index (χ0) is 11.8. The fourth-order valence-electron chi connectivity index (χ4n) is 1.18. The van der Waals surface area contributed by atoms with E-state index in [1.165, 1.54) is 13.8 Å². The molecular formula is C8H12N4O3. The Bertz CT molecular complexity index is 422. The van der Waals surface area contributed by atoms with Crippen molar-refractivity contribution in [2.45, 2.75) is 26.3 Å². The molecule has 1 amide bonds. The van der Waals surface area contributed by atoms with Crippen LogP contribution in [0.3, 0.4) is 0 Å². The molecule has 1 heterocycles. The predicted octanol–water partition coefficient (Wildman–Crippen LogP) is -0.495. The number of carboxylic acid groups (broad SMARTS) is 1. The molecule has 1 aromatic rings. The topological polar surface area (TPSA) is 111 Å². The lowest BCUT2D eigenvalue weighted by Crippen LogP contribution is -2.37. The quantitative estimate of drug-likeness (QED) is 0.701. The second kappa shape index (κ2) is 3.34. The van der Waals surface area contributed by atoms with Crippen molar-refractivity contribution in [3.63, 3.8) is 0 Å². The van der Waals surface area contributed by atoms with E-state index in [1.54, 1.807) is 6.92 Å². The highest BCUT2D eigenvalue weighted by molar-refractivity contribution is 5.91. The highest BCUT2D eigenvalue weighted by Crippen LogP contribution is 2.17. The molecule has 1 aromatic heterocycles. The third kappa shape index (κ3) is 1.67. The van der Waals surface area contributed by atoms with E-state index in [9.17, 15) is 9.59 Å². The van der Waals surface area contributed by atoms with Gasteiger partial charge in [0.25, 0.3) is 5.91 Å². The van der Waals surface area contributed by atoms with E-state index in [0.29, 0.717) is 5.69 Å². The van der Waals surface area contributed by atoms with Crippen LogP contribution >= 0.6 is 0 Å². The molecule has 0 aliphatic rings. The Morgan fingerprint density at radius 2 is 2.00 bits per heavy atom. The average molecular weight is 212 g/mol. The van der Waals surface area contributed by atoms with Crippen molar-refractivity contribution in [3.05, 3.63) is 11.4 Å². The number of rotatable bonds is 3. The van der Waals surface area contributed by atoms with E-state index in [4.69, 9.17) is 10.8 Å². The molecular weight excluding hydrogens is 200 g/mol. The minimum Gasteiger partial charge on any atom is -0.479 e. The van der Waals surface area contributed by atoms with Crippen molar-refractivity contribution >= 4 is 11.9 Å². The molecule has 0 atom stereocenters. The standard InChI is InChI=1S/C8H12N4O3/c1-4-5(6(9)13)10-11-12(4)8(2,3)7(14)15/h1-3H3,(H2,9,13)(H,14,15). The van der Waals surface area contributed by atoms with Crippen molar-refractivity contribution < 1.29 is 14.7 Å². The minimum absolute atomic E-state index is 0.00988. The largest absolute Gasteiger partial charge is 0.479 e. The molecule has 7 heteroatoms. The third-order valence-electron chi connectivity index (χ3n) is 2.18. The van der Waals surface area contributed by atoms with E-state index < -0.39 is 17.4 Å². The molecule has 0 unspecified atom stereocenters. The molecule has 0 aromatic carbocycles. The molecule has 3 N–H and O–H groups in total.